The molecule has 0 fully saturated rings. The van der Waals surface area contributed by atoms with E-state index in [0.29, 0.717) is 21.8 Å². The topological polar surface area (TPSA) is 101 Å². The van der Waals surface area contributed by atoms with E-state index in [4.69, 9.17) is 15.1 Å². The van der Waals surface area contributed by atoms with Crippen molar-refractivity contribution in [3.05, 3.63) is 82.6 Å². The molecule has 0 aliphatic heterocycles. The lowest BCUT2D eigenvalue weighted by Crippen LogP contribution is -2.44. The molecule has 2 heterocycles. The molecule has 3 N–H and O–H groups in total. The van der Waals surface area contributed by atoms with Crippen molar-refractivity contribution in [1.29, 1.82) is 5.26 Å². The lowest BCUT2D eigenvalue weighted by atomic mass is 9.98. The Hall–Kier alpha value is -3.93. The Labute approximate surface area is 222 Å². The number of nitrogens with two attached hydrogens (primary N) is 1. The first-order chi connectivity index (χ1) is 17.5. The molecule has 0 saturated carbocycles. The molecule has 1 amide bonds. The number of nitrogen functional groups attached to an aromatic ring is 1. The van der Waals surface area contributed by atoms with Crippen LogP contribution in [-0.4, -0.2) is 19.2 Å². The van der Waals surface area contributed by atoms with E-state index in [1.807, 2.05) is 53.9 Å². The highest BCUT2D eigenvalue weighted by molar-refractivity contribution is 7.12. The van der Waals surface area contributed by atoms with Gasteiger partial charge in [0.15, 0.2) is 5.82 Å². The van der Waals surface area contributed by atoms with Crippen LogP contribution in [0.1, 0.15) is 36.0 Å². The number of amides is 1. The standard InChI is InChI=1S/C29H30N4O2SSi/c1-29(2,3)37(4,5)35-25-10-7-6-9-21(25)24-17-22(19-12-14-20(31)15-13-19)23(18-30)27(32-24)33-28(34)26-11-8-16-36-26/h6-17H,31H2,1-5H3,(H,32,33,34). The van der Waals surface area contributed by atoms with Crippen LogP contribution >= 0.6 is 11.3 Å². The van der Waals surface area contributed by atoms with Gasteiger partial charge in [-0.1, -0.05) is 51.1 Å². The van der Waals surface area contributed by atoms with Gasteiger partial charge in [0.25, 0.3) is 14.2 Å². The number of aromatic nitrogens is 1. The number of benzene rings is 2. The van der Waals surface area contributed by atoms with Gasteiger partial charge in [0.2, 0.25) is 0 Å². The Kier molecular flexibility index (Phi) is 7.21. The summed E-state index contributed by atoms with van der Waals surface area (Å²) in [6, 6.07) is 22.7. The third-order valence-electron chi connectivity index (χ3n) is 6.66. The minimum atomic E-state index is -2.15. The van der Waals surface area contributed by atoms with Gasteiger partial charge in [-0.15, -0.1) is 11.3 Å². The average molecular weight is 527 g/mol. The summed E-state index contributed by atoms with van der Waals surface area (Å²) in [6.45, 7) is 11.0. The van der Waals surface area contributed by atoms with Crippen molar-refractivity contribution < 1.29 is 9.22 Å². The predicted molar refractivity (Wildman–Crippen MR) is 154 cm³/mol. The van der Waals surface area contributed by atoms with Crippen LogP contribution in [-0.2, 0) is 0 Å². The Morgan fingerprint density at radius 1 is 1.05 bits per heavy atom. The van der Waals surface area contributed by atoms with Gasteiger partial charge < -0.3 is 15.5 Å². The second-order valence-electron chi connectivity index (χ2n) is 10.3. The van der Waals surface area contributed by atoms with Crippen molar-refractivity contribution in [3.8, 4) is 34.2 Å². The molecule has 2 aromatic carbocycles. The number of carbonyl (C=O) groups excluding carboxylic acids is 1. The monoisotopic (exact) mass is 526 g/mol. The van der Waals surface area contributed by atoms with Crippen molar-refractivity contribution >= 4 is 37.1 Å². The summed E-state index contributed by atoms with van der Waals surface area (Å²) in [4.78, 5) is 18.3. The number of pyridine rings is 1. The fraction of sp³-hybridized carbons (Fsp3) is 0.207. The van der Waals surface area contributed by atoms with Crippen LogP contribution in [0, 0.1) is 11.3 Å². The fourth-order valence-electron chi connectivity index (χ4n) is 3.55. The molecule has 0 unspecified atom stereocenters. The van der Waals surface area contributed by atoms with Gasteiger partial charge in [0.05, 0.1) is 10.6 Å². The van der Waals surface area contributed by atoms with Crippen LogP contribution in [0.25, 0.3) is 22.4 Å². The number of nitrogens with zero attached hydrogens (tertiary/aromatic N) is 2. The Bertz CT molecular complexity index is 1470. The first-order valence-corrected chi connectivity index (χ1v) is 15.7. The largest absolute Gasteiger partial charge is 0.543 e. The molecule has 4 aromatic rings. The number of thiophene rings is 1. The van der Waals surface area contributed by atoms with E-state index in [0.717, 1.165) is 16.9 Å². The van der Waals surface area contributed by atoms with Crippen molar-refractivity contribution in [2.75, 3.05) is 11.1 Å². The number of nitriles is 1. The minimum Gasteiger partial charge on any atom is -0.543 e. The molecule has 0 radical (unpaired) electrons. The molecule has 6 nitrogen and oxygen atoms in total. The summed E-state index contributed by atoms with van der Waals surface area (Å²) >= 11 is 1.33. The SMILES string of the molecule is CC(C)(C)[Si](C)(C)Oc1ccccc1-c1cc(-c2ccc(N)cc2)c(C#N)c(NC(=O)c2cccs2)n1. The van der Waals surface area contributed by atoms with E-state index < -0.39 is 8.32 Å². The average Bonchev–Trinajstić information content (AvgIpc) is 3.39. The zero-order chi connectivity index (χ0) is 26.8. The number of carbonyl (C=O) groups is 1. The van der Waals surface area contributed by atoms with E-state index in [2.05, 4.69) is 45.3 Å². The molecule has 0 bridgehead atoms. The molecule has 4 rings (SSSR count). The van der Waals surface area contributed by atoms with Gasteiger partial charge in [-0.05, 0) is 65.5 Å². The van der Waals surface area contributed by atoms with Gasteiger partial charge in [-0.25, -0.2) is 4.98 Å². The van der Waals surface area contributed by atoms with Crippen LogP contribution < -0.4 is 15.5 Å². The van der Waals surface area contributed by atoms with Crippen molar-refractivity contribution in [3.63, 3.8) is 0 Å². The minimum absolute atomic E-state index is 0.00712. The highest BCUT2D eigenvalue weighted by atomic mass is 32.1. The normalized spacial score (nSPS) is 11.6. The molecule has 188 valence electrons. The predicted octanol–water partition coefficient (Wildman–Crippen LogP) is 7.57. The van der Waals surface area contributed by atoms with Gasteiger partial charge in [-0.2, -0.15) is 5.26 Å². The van der Waals surface area contributed by atoms with Gasteiger partial charge in [0.1, 0.15) is 17.4 Å². The molecular formula is C29H30N4O2SSi. The summed E-state index contributed by atoms with van der Waals surface area (Å²) in [5.74, 6) is 0.614. The van der Waals surface area contributed by atoms with E-state index in [1.165, 1.54) is 11.3 Å². The summed E-state index contributed by atoms with van der Waals surface area (Å²) in [7, 11) is -2.15. The maximum Gasteiger partial charge on any atom is 0.266 e. The maximum atomic E-state index is 13.0. The molecule has 0 aliphatic carbocycles. The highest BCUT2D eigenvalue weighted by Gasteiger charge is 2.39. The number of nitrogens with one attached hydrogen (secondary N) is 1. The van der Waals surface area contributed by atoms with E-state index in [9.17, 15) is 10.1 Å². The number of rotatable bonds is 6. The van der Waals surface area contributed by atoms with Crippen molar-refractivity contribution in [2.45, 2.75) is 38.9 Å². The molecule has 0 aliphatic rings. The smallest absolute Gasteiger partial charge is 0.266 e. The molecule has 0 spiro atoms. The first kappa shape index (κ1) is 26.1. The molecule has 8 heteroatoms. The number of anilines is 2. The van der Waals surface area contributed by atoms with Crippen LogP contribution in [0.15, 0.2) is 72.1 Å². The Balaban J connectivity index is 1.90. The lowest BCUT2D eigenvalue weighted by Gasteiger charge is -2.37. The molecular weight excluding hydrogens is 496 g/mol. The zero-order valence-electron chi connectivity index (χ0n) is 21.6. The lowest BCUT2D eigenvalue weighted by molar-refractivity contribution is 0.103. The summed E-state index contributed by atoms with van der Waals surface area (Å²) in [5, 5.41) is 14.8. The summed E-state index contributed by atoms with van der Waals surface area (Å²) in [6.07, 6.45) is 0. The summed E-state index contributed by atoms with van der Waals surface area (Å²) < 4.78 is 6.68. The van der Waals surface area contributed by atoms with Crippen LogP contribution in [0.3, 0.4) is 0 Å². The van der Waals surface area contributed by atoms with Crippen molar-refractivity contribution in [1.82, 2.24) is 4.98 Å². The van der Waals surface area contributed by atoms with Crippen LogP contribution in [0.5, 0.6) is 5.75 Å². The zero-order valence-corrected chi connectivity index (χ0v) is 23.4. The van der Waals surface area contributed by atoms with E-state index in [-0.39, 0.29) is 22.3 Å². The van der Waals surface area contributed by atoms with Gasteiger partial charge in [-0.3, -0.25) is 4.79 Å². The number of para-hydroxylation sites is 1. The van der Waals surface area contributed by atoms with Crippen LogP contribution in [0.2, 0.25) is 18.1 Å². The third-order valence-corrected chi connectivity index (χ3v) is 11.9. The summed E-state index contributed by atoms with van der Waals surface area (Å²) in [5.41, 5.74) is 9.65. The van der Waals surface area contributed by atoms with E-state index >= 15 is 0 Å². The number of hydrogen-bond acceptors (Lipinski definition) is 6. The second-order valence-corrected chi connectivity index (χ2v) is 16.0. The van der Waals surface area contributed by atoms with Gasteiger partial charge in [0, 0.05) is 16.8 Å². The maximum absolute atomic E-state index is 13.0. The van der Waals surface area contributed by atoms with Crippen molar-refractivity contribution in [2.24, 2.45) is 0 Å². The number of hydrogen-bond donors (Lipinski definition) is 2. The highest BCUT2D eigenvalue weighted by Crippen LogP contribution is 2.41. The molecule has 0 saturated heterocycles. The fourth-order valence-corrected chi connectivity index (χ4v) is 5.20. The third kappa shape index (κ3) is 5.58. The van der Waals surface area contributed by atoms with Crippen LogP contribution in [0.4, 0.5) is 11.5 Å². The molecule has 37 heavy (non-hydrogen) atoms. The second kappa shape index (κ2) is 10.2. The quantitative estimate of drug-likeness (QED) is 0.199. The first-order valence-electron chi connectivity index (χ1n) is 11.9. The Morgan fingerprint density at radius 2 is 1.76 bits per heavy atom. The Morgan fingerprint density at radius 3 is 2.38 bits per heavy atom. The molecule has 0 atom stereocenters. The van der Waals surface area contributed by atoms with E-state index in [1.54, 1.807) is 18.2 Å². The van der Waals surface area contributed by atoms with Gasteiger partial charge >= 0.3 is 0 Å². The molecule has 2 aromatic heterocycles.